The molecule has 0 spiro atoms. The van der Waals surface area contributed by atoms with Crippen LogP contribution in [-0.4, -0.2) is 26.6 Å². The molecule has 0 heterocycles. The molecule has 3 heteroatoms. The minimum Gasteiger partial charge on any atom is -0.385 e. The molecule has 0 saturated heterocycles. The number of hydrogen-bond acceptors (Lipinski definition) is 3. The summed E-state index contributed by atoms with van der Waals surface area (Å²) < 4.78 is 11.4. The Bertz CT molecular complexity index is 395. The van der Waals surface area contributed by atoms with Crippen molar-refractivity contribution in [2.45, 2.75) is 71.0 Å². The molecule has 138 valence electrons. The molecule has 0 aliphatic heterocycles. The zero-order chi connectivity index (χ0) is 17.7. The standard InChI is InChI=1S/C21H37NO2/c1-5-7-8-9-11-14-19(17-21(6-2,23-3)24-4)18-22-20-15-12-10-13-16-20/h10,12-13,15-16,19,22H,5-9,11,14,17-18H2,1-4H3. The van der Waals surface area contributed by atoms with Gasteiger partial charge in [0.25, 0.3) is 0 Å². The van der Waals surface area contributed by atoms with Crippen molar-refractivity contribution in [3.8, 4) is 0 Å². The van der Waals surface area contributed by atoms with Crippen molar-refractivity contribution in [3.05, 3.63) is 30.3 Å². The second-order valence-corrected chi connectivity index (χ2v) is 6.69. The van der Waals surface area contributed by atoms with Crippen LogP contribution in [0.2, 0.25) is 0 Å². The molecule has 1 atom stereocenters. The van der Waals surface area contributed by atoms with E-state index in [1.54, 1.807) is 14.2 Å². The SMILES string of the molecule is CCCCCCCC(CNc1ccccc1)CC(CC)(OC)OC. The Morgan fingerprint density at radius 3 is 2.21 bits per heavy atom. The number of hydrogen-bond donors (Lipinski definition) is 1. The maximum Gasteiger partial charge on any atom is 0.167 e. The Labute approximate surface area is 149 Å². The van der Waals surface area contributed by atoms with Gasteiger partial charge in [-0.25, -0.2) is 0 Å². The lowest BCUT2D eigenvalue weighted by atomic mass is 9.91. The zero-order valence-electron chi connectivity index (χ0n) is 16.1. The van der Waals surface area contributed by atoms with E-state index < -0.39 is 5.79 Å². The fourth-order valence-electron chi connectivity index (χ4n) is 3.25. The first-order valence-corrected chi connectivity index (χ1v) is 9.59. The van der Waals surface area contributed by atoms with Crippen LogP contribution in [0.3, 0.4) is 0 Å². The summed E-state index contributed by atoms with van der Waals surface area (Å²) in [5.41, 5.74) is 1.19. The summed E-state index contributed by atoms with van der Waals surface area (Å²) in [5.74, 6) is 0.0959. The van der Waals surface area contributed by atoms with Crippen molar-refractivity contribution in [1.82, 2.24) is 0 Å². The summed E-state index contributed by atoms with van der Waals surface area (Å²) in [6.45, 7) is 5.36. The van der Waals surface area contributed by atoms with Gasteiger partial charge in [-0.2, -0.15) is 0 Å². The summed E-state index contributed by atoms with van der Waals surface area (Å²) in [7, 11) is 3.52. The molecule has 3 nitrogen and oxygen atoms in total. The van der Waals surface area contributed by atoms with Crippen LogP contribution < -0.4 is 5.32 Å². The van der Waals surface area contributed by atoms with Gasteiger partial charge in [0.05, 0.1) is 0 Å². The van der Waals surface area contributed by atoms with Gasteiger partial charge >= 0.3 is 0 Å². The van der Waals surface area contributed by atoms with Gasteiger partial charge in [0.2, 0.25) is 0 Å². The molecule has 0 amide bonds. The maximum atomic E-state index is 5.71. The predicted molar refractivity (Wildman–Crippen MR) is 103 cm³/mol. The van der Waals surface area contributed by atoms with E-state index in [1.807, 2.05) is 6.07 Å². The molecular formula is C21H37NO2. The van der Waals surface area contributed by atoms with Crippen LogP contribution in [0.4, 0.5) is 5.69 Å². The lowest BCUT2D eigenvalue weighted by Crippen LogP contribution is -2.37. The molecule has 1 aromatic carbocycles. The lowest BCUT2D eigenvalue weighted by molar-refractivity contribution is -0.218. The molecule has 0 radical (unpaired) electrons. The third-order valence-electron chi connectivity index (χ3n) is 4.97. The highest BCUT2D eigenvalue weighted by Gasteiger charge is 2.30. The maximum absolute atomic E-state index is 5.71. The van der Waals surface area contributed by atoms with Crippen LogP contribution in [0.5, 0.6) is 0 Å². The van der Waals surface area contributed by atoms with Gasteiger partial charge < -0.3 is 14.8 Å². The highest BCUT2D eigenvalue weighted by molar-refractivity contribution is 5.42. The quantitative estimate of drug-likeness (QED) is 0.341. The average Bonchev–Trinajstić information content (AvgIpc) is 2.64. The van der Waals surface area contributed by atoms with E-state index in [9.17, 15) is 0 Å². The Hall–Kier alpha value is -1.06. The molecule has 0 aromatic heterocycles. The van der Waals surface area contributed by atoms with Gasteiger partial charge in [-0.15, -0.1) is 0 Å². The molecule has 0 aliphatic carbocycles. The molecule has 1 N–H and O–H groups in total. The van der Waals surface area contributed by atoms with E-state index in [-0.39, 0.29) is 0 Å². The third kappa shape index (κ3) is 7.67. The number of benzene rings is 1. The van der Waals surface area contributed by atoms with Crippen LogP contribution in [0, 0.1) is 5.92 Å². The fraction of sp³-hybridized carbons (Fsp3) is 0.714. The topological polar surface area (TPSA) is 30.5 Å². The Morgan fingerprint density at radius 1 is 0.958 bits per heavy atom. The van der Waals surface area contributed by atoms with E-state index >= 15 is 0 Å². The Kier molecular flexibility index (Phi) is 10.8. The zero-order valence-corrected chi connectivity index (χ0v) is 16.1. The monoisotopic (exact) mass is 335 g/mol. The Morgan fingerprint density at radius 2 is 1.62 bits per heavy atom. The van der Waals surface area contributed by atoms with Crippen LogP contribution in [-0.2, 0) is 9.47 Å². The predicted octanol–water partition coefficient (Wildman–Crippen LogP) is 5.86. The number of anilines is 1. The van der Waals surface area contributed by atoms with Crippen molar-refractivity contribution < 1.29 is 9.47 Å². The first-order valence-electron chi connectivity index (χ1n) is 9.59. The summed E-state index contributed by atoms with van der Waals surface area (Å²) >= 11 is 0. The molecule has 24 heavy (non-hydrogen) atoms. The highest BCUT2D eigenvalue weighted by Crippen LogP contribution is 2.29. The third-order valence-corrected chi connectivity index (χ3v) is 4.97. The number of unbranched alkanes of at least 4 members (excludes halogenated alkanes) is 4. The highest BCUT2D eigenvalue weighted by atomic mass is 16.7. The van der Waals surface area contributed by atoms with Gasteiger partial charge in [-0.3, -0.25) is 0 Å². The van der Waals surface area contributed by atoms with Crippen molar-refractivity contribution in [2.75, 3.05) is 26.1 Å². The average molecular weight is 336 g/mol. The molecule has 0 fully saturated rings. The number of ether oxygens (including phenoxy) is 2. The van der Waals surface area contributed by atoms with Gasteiger partial charge in [0.15, 0.2) is 5.79 Å². The van der Waals surface area contributed by atoms with E-state index in [4.69, 9.17) is 9.47 Å². The van der Waals surface area contributed by atoms with Crippen molar-refractivity contribution in [2.24, 2.45) is 5.92 Å². The summed E-state index contributed by atoms with van der Waals surface area (Å²) in [5, 5.41) is 3.58. The van der Waals surface area contributed by atoms with Crippen molar-refractivity contribution >= 4 is 5.69 Å². The minimum atomic E-state index is -0.452. The van der Waals surface area contributed by atoms with E-state index in [0.29, 0.717) is 5.92 Å². The second kappa shape index (κ2) is 12.3. The second-order valence-electron chi connectivity index (χ2n) is 6.69. The van der Waals surface area contributed by atoms with Gasteiger partial charge in [0.1, 0.15) is 0 Å². The lowest BCUT2D eigenvalue weighted by Gasteiger charge is -2.33. The summed E-state index contributed by atoms with van der Waals surface area (Å²) in [6, 6.07) is 10.4. The molecule has 0 saturated carbocycles. The van der Waals surface area contributed by atoms with E-state index in [0.717, 1.165) is 19.4 Å². The minimum absolute atomic E-state index is 0.452. The first-order chi connectivity index (χ1) is 11.7. The molecule has 1 unspecified atom stereocenters. The van der Waals surface area contributed by atoms with E-state index in [2.05, 4.69) is 43.4 Å². The van der Waals surface area contributed by atoms with Crippen LogP contribution in [0.25, 0.3) is 0 Å². The fourth-order valence-corrected chi connectivity index (χ4v) is 3.25. The smallest absolute Gasteiger partial charge is 0.167 e. The normalized spacial score (nSPS) is 13.0. The molecule has 0 bridgehead atoms. The molecule has 1 rings (SSSR count). The van der Waals surface area contributed by atoms with E-state index in [1.165, 1.54) is 44.2 Å². The van der Waals surface area contributed by atoms with Gasteiger partial charge in [0, 0.05) is 32.9 Å². The molecular weight excluding hydrogens is 298 g/mol. The first kappa shape index (κ1) is 21.0. The summed E-state index contributed by atoms with van der Waals surface area (Å²) in [4.78, 5) is 0. The van der Waals surface area contributed by atoms with Gasteiger partial charge in [-0.1, -0.05) is 64.2 Å². The molecule has 0 aliphatic rings. The van der Waals surface area contributed by atoms with Gasteiger partial charge in [-0.05, 0) is 30.9 Å². The Balaban J connectivity index is 2.57. The van der Waals surface area contributed by atoms with Crippen LogP contribution in [0.1, 0.15) is 65.2 Å². The number of para-hydroxylation sites is 1. The van der Waals surface area contributed by atoms with Crippen LogP contribution in [0.15, 0.2) is 30.3 Å². The summed E-state index contributed by atoms with van der Waals surface area (Å²) in [6.07, 6.45) is 9.64. The number of methoxy groups -OCH3 is 2. The van der Waals surface area contributed by atoms with Crippen LogP contribution >= 0.6 is 0 Å². The largest absolute Gasteiger partial charge is 0.385 e. The number of rotatable bonds is 14. The van der Waals surface area contributed by atoms with Crippen molar-refractivity contribution in [1.29, 1.82) is 0 Å². The van der Waals surface area contributed by atoms with Crippen molar-refractivity contribution in [3.63, 3.8) is 0 Å². The molecule has 1 aromatic rings. The number of nitrogens with one attached hydrogen (secondary N) is 1.